The van der Waals surface area contributed by atoms with Crippen LogP contribution in [0, 0.1) is 0 Å². The number of benzene rings is 1. The standard InChI is InChI=1S/C22H34N4O2/c1-2-23-22(28)26-14-7-10-20(17-26)18-8-6-9-19(16-18)21(27)24-11-15-25-12-4-3-5-13-25/h6,8-9,16,20H,2-5,7,10-15,17H2,1H3,(H,23,28)(H,24,27)/t20-/m1/s1. The molecule has 6 nitrogen and oxygen atoms in total. The van der Waals surface area contributed by atoms with Crippen LogP contribution < -0.4 is 10.6 Å². The van der Waals surface area contributed by atoms with Crippen molar-refractivity contribution in [3.05, 3.63) is 35.4 Å². The largest absolute Gasteiger partial charge is 0.351 e. The summed E-state index contributed by atoms with van der Waals surface area (Å²) in [5.41, 5.74) is 1.86. The van der Waals surface area contributed by atoms with Gasteiger partial charge < -0.3 is 20.4 Å². The zero-order chi connectivity index (χ0) is 19.8. The maximum absolute atomic E-state index is 12.6. The molecule has 0 aliphatic carbocycles. The fourth-order valence-electron chi connectivity index (χ4n) is 4.24. The van der Waals surface area contributed by atoms with Gasteiger partial charge in [0.15, 0.2) is 0 Å². The van der Waals surface area contributed by atoms with Gasteiger partial charge in [-0.1, -0.05) is 18.6 Å². The molecule has 0 radical (unpaired) electrons. The Kier molecular flexibility index (Phi) is 7.71. The topological polar surface area (TPSA) is 64.7 Å². The van der Waals surface area contributed by atoms with Crippen molar-refractivity contribution in [2.45, 2.75) is 44.9 Å². The van der Waals surface area contributed by atoms with Crippen molar-refractivity contribution < 1.29 is 9.59 Å². The van der Waals surface area contributed by atoms with E-state index in [1.54, 1.807) is 0 Å². The molecule has 0 saturated carbocycles. The molecule has 0 aromatic heterocycles. The van der Waals surface area contributed by atoms with Crippen LogP contribution in [-0.4, -0.2) is 67.6 Å². The molecule has 3 rings (SSSR count). The van der Waals surface area contributed by atoms with Gasteiger partial charge in [0.05, 0.1) is 0 Å². The molecule has 2 heterocycles. The summed E-state index contributed by atoms with van der Waals surface area (Å²) in [7, 11) is 0. The number of piperidine rings is 2. The van der Waals surface area contributed by atoms with Crippen molar-refractivity contribution in [2.75, 3.05) is 45.8 Å². The summed E-state index contributed by atoms with van der Waals surface area (Å²) in [4.78, 5) is 29.0. The normalized spacial score (nSPS) is 20.6. The molecular weight excluding hydrogens is 352 g/mol. The Morgan fingerprint density at radius 3 is 2.68 bits per heavy atom. The highest BCUT2D eigenvalue weighted by molar-refractivity contribution is 5.94. The first-order chi connectivity index (χ1) is 13.7. The van der Waals surface area contributed by atoms with E-state index in [1.807, 2.05) is 30.0 Å². The number of carbonyl (C=O) groups excluding carboxylic acids is 2. The number of likely N-dealkylation sites (tertiary alicyclic amines) is 2. The van der Waals surface area contributed by atoms with E-state index in [1.165, 1.54) is 19.3 Å². The Morgan fingerprint density at radius 1 is 1.07 bits per heavy atom. The second-order valence-electron chi connectivity index (χ2n) is 7.90. The molecule has 2 aliphatic rings. The Morgan fingerprint density at radius 2 is 1.89 bits per heavy atom. The van der Waals surface area contributed by atoms with E-state index in [0.717, 1.165) is 44.6 Å². The van der Waals surface area contributed by atoms with Gasteiger partial charge in [0, 0.05) is 44.2 Å². The maximum Gasteiger partial charge on any atom is 0.317 e. The van der Waals surface area contributed by atoms with Crippen LogP contribution in [-0.2, 0) is 0 Å². The molecule has 0 bridgehead atoms. The summed E-state index contributed by atoms with van der Waals surface area (Å²) in [5.74, 6) is 0.285. The van der Waals surface area contributed by atoms with E-state index in [4.69, 9.17) is 0 Å². The first kappa shape index (κ1) is 20.6. The van der Waals surface area contributed by atoms with Crippen LogP contribution in [0.15, 0.2) is 24.3 Å². The lowest BCUT2D eigenvalue weighted by Crippen LogP contribution is -2.44. The summed E-state index contributed by atoms with van der Waals surface area (Å²) in [5, 5.41) is 5.95. The van der Waals surface area contributed by atoms with Crippen LogP contribution in [0.4, 0.5) is 4.79 Å². The molecule has 1 aromatic rings. The van der Waals surface area contributed by atoms with Gasteiger partial charge in [-0.05, 0) is 63.4 Å². The number of nitrogens with zero attached hydrogens (tertiary/aromatic N) is 2. The van der Waals surface area contributed by atoms with Gasteiger partial charge in [-0.15, -0.1) is 0 Å². The number of carbonyl (C=O) groups is 2. The number of nitrogens with one attached hydrogen (secondary N) is 2. The lowest BCUT2D eigenvalue weighted by atomic mass is 9.89. The fraction of sp³-hybridized carbons (Fsp3) is 0.636. The molecule has 1 atom stereocenters. The zero-order valence-corrected chi connectivity index (χ0v) is 17.1. The smallest absolute Gasteiger partial charge is 0.317 e. The number of amides is 3. The van der Waals surface area contributed by atoms with Gasteiger partial charge in [-0.25, -0.2) is 4.79 Å². The van der Waals surface area contributed by atoms with Crippen LogP contribution >= 0.6 is 0 Å². The van der Waals surface area contributed by atoms with E-state index in [2.05, 4.69) is 21.6 Å². The average molecular weight is 387 g/mol. The predicted octanol–water partition coefficient (Wildman–Crippen LogP) is 2.81. The van der Waals surface area contributed by atoms with Crippen molar-refractivity contribution in [1.29, 1.82) is 0 Å². The quantitative estimate of drug-likeness (QED) is 0.790. The molecule has 2 aliphatic heterocycles. The monoisotopic (exact) mass is 386 g/mol. The molecule has 6 heteroatoms. The van der Waals surface area contributed by atoms with Crippen molar-refractivity contribution >= 4 is 11.9 Å². The molecule has 1 aromatic carbocycles. The van der Waals surface area contributed by atoms with E-state index in [9.17, 15) is 9.59 Å². The Labute approximate surface area is 168 Å². The predicted molar refractivity (Wildman–Crippen MR) is 112 cm³/mol. The first-order valence-electron chi connectivity index (χ1n) is 10.8. The van der Waals surface area contributed by atoms with Crippen molar-refractivity contribution in [2.24, 2.45) is 0 Å². The summed E-state index contributed by atoms with van der Waals surface area (Å²) in [6.07, 6.45) is 5.91. The Hall–Kier alpha value is -2.08. The van der Waals surface area contributed by atoms with Crippen LogP contribution in [0.1, 0.15) is 60.9 Å². The maximum atomic E-state index is 12.6. The van der Waals surface area contributed by atoms with Crippen LogP contribution in [0.5, 0.6) is 0 Å². The Bertz CT molecular complexity index is 658. The minimum atomic E-state index is -0.00440. The van der Waals surface area contributed by atoms with Gasteiger partial charge in [0.25, 0.3) is 5.91 Å². The molecule has 3 amide bonds. The highest BCUT2D eigenvalue weighted by atomic mass is 16.2. The van der Waals surface area contributed by atoms with Crippen LogP contribution in [0.3, 0.4) is 0 Å². The van der Waals surface area contributed by atoms with E-state index < -0.39 is 0 Å². The fourth-order valence-corrected chi connectivity index (χ4v) is 4.24. The third-order valence-electron chi connectivity index (χ3n) is 5.82. The summed E-state index contributed by atoms with van der Waals surface area (Å²) < 4.78 is 0. The summed E-state index contributed by atoms with van der Waals surface area (Å²) in [6.45, 7) is 8.02. The lowest BCUT2D eigenvalue weighted by molar-refractivity contribution is 0.0946. The van der Waals surface area contributed by atoms with Crippen molar-refractivity contribution in [1.82, 2.24) is 20.4 Å². The van der Waals surface area contributed by atoms with Crippen LogP contribution in [0.25, 0.3) is 0 Å². The Balaban J connectivity index is 1.53. The highest BCUT2D eigenvalue weighted by Crippen LogP contribution is 2.27. The minimum absolute atomic E-state index is 0.00440. The number of urea groups is 1. The first-order valence-corrected chi connectivity index (χ1v) is 10.8. The number of rotatable bonds is 6. The van der Waals surface area contributed by atoms with Gasteiger partial charge in [0.1, 0.15) is 0 Å². The molecule has 28 heavy (non-hydrogen) atoms. The molecule has 0 spiro atoms. The van der Waals surface area contributed by atoms with Crippen LogP contribution in [0.2, 0.25) is 0 Å². The number of hydrogen-bond acceptors (Lipinski definition) is 3. The molecule has 2 N–H and O–H groups in total. The highest BCUT2D eigenvalue weighted by Gasteiger charge is 2.25. The van der Waals surface area contributed by atoms with Crippen molar-refractivity contribution in [3.8, 4) is 0 Å². The molecule has 2 saturated heterocycles. The summed E-state index contributed by atoms with van der Waals surface area (Å²) in [6, 6.07) is 7.93. The summed E-state index contributed by atoms with van der Waals surface area (Å²) >= 11 is 0. The molecule has 2 fully saturated rings. The second kappa shape index (κ2) is 10.5. The van der Waals surface area contributed by atoms with E-state index >= 15 is 0 Å². The minimum Gasteiger partial charge on any atom is -0.351 e. The number of hydrogen-bond donors (Lipinski definition) is 2. The van der Waals surface area contributed by atoms with Crippen molar-refractivity contribution in [3.63, 3.8) is 0 Å². The van der Waals surface area contributed by atoms with E-state index in [0.29, 0.717) is 25.2 Å². The lowest BCUT2D eigenvalue weighted by Gasteiger charge is -2.33. The zero-order valence-electron chi connectivity index (χ0n) is 17.1. The molecular formula is C22H34N4O2. The van der Waals surface area contributed by atoms with Gasteiger partial charge >= 0.3 is 6.03 Å². The molecule has 154 valence electrons. The SMILES string of the molecule is CCNC(=O)N1CCC[C@@H](c2cccc(C(=O)NCCN3CCCCC3)c2)C1. The third-order valence-corrected chi connectivity index (χ3v) is 5.82. The second-order valence-corrected chi connectivity index (χ2v) is 7.90. The van der Waals surface area contributed by atoms with Gasteiger partial charge in [-0.3, -0.25) is 4.79 Å². The third kappa shape index (κ3) is 5.71. The average Bonchev–Trinajstić information content (AvgIpc) is 2.75. The van der Waals surface area contributed by atoms with Gasteiger partial charge in [0.2, 0.25) is 0 Å². The molecule has 0 unspecified atom stereocenters. The van der Waals surface area contributed by atoms with Gasteiger partial charge in [-0.2, -0.15) is 0 Å². The van der Waals surface area contributed by atoms with E-state index in [-0.39, 0.29) is 17.9 Å².